The highest BCUT2D eigenvalue weighted by Crippen LogP contribution is 2.44. The molecule has 2 atom stereocenters. The Balaban J connectivity index is 1.08. The van der Waals surface area contributed by atoms with Gasteiger partial charge in [-0.05, 0) is 59.9 Å². The van der Waals surface area contributed by atoms with Crippen molar-refractivity contribution in [2.45, 2.75) is 50.1 Å². The zero-order valence-electron chi connectivity index (χ0n) is 20.6. The summed E-state index contributed by atoms with van der Waals surface area (Å²) in [6.45, 7) is 1.50. The molecule has 0 saturated carbocycles. The molecule has 3 aromatic carbocycles. The number of morpholine rings is 1. The summed E-state index contributed by atoms with van der Waals surface area (Å²) in [6, 6.07) is 27.6. The number of carbonyl (C=O) groups is 1. The molecule has 2 heterocycles. The van der Waals surface area contributed by atoms with Gasteiger partial charge in [0.25, 0.3) is 0 Å². The lowest BCUT2D eigenvalue weighted by atomic mass is 9.91. The van der Waals surface area contributed by atoms with Crippen LogP contribution in [0.5, 0.6) is 0 Å². The number of aryl methyl sites for hydroxylation is 1. The molecule has 2 bridgehead atoms. The van der Waals surface area contributed by atoms with E-state index in [1.54, 1.807) is 0 Å². The number of nitrogens with zero attached hydrogens (tertiary/aromatic N) is 1. The van der Waals surface area contributed by atoms with Crippen LogP contribution >= 0.6 is 0 Å². The Morgan fingerprint density at radius 1 is 0.833 bits per heavy atom. The normalized spacial score (nSPS) is 20.4. The lowest BCUT2D eigenvalue weighted by molar-refractivity contribution is -0.0365. The first-order valence-corrected chi connectivity index (χ1v) is 13.2. The highest BCUT2D eigenvalue weighted by Gasteiger charge is 2.39. The predicted octanol–water partition coefficient (Wildman–Crippen LogP) is 6.75. The Morgan fingerprint density at radius 2 is 1.50 bits per heavy atom. The van der Waals surface area contributed by atoms with Gasteiger partial charge in [0.1, 0.15) is 6.61 Å². The van der Waals surface area contributed by atoms with E-state index < -0.39 is 0 Å². The Kier molecular flexibility index (Phi) is 6.61. The number of hydrogen-bond donors (Lipinski definition) is 0. The smallest absolute Gasteiger partial charge is 0.410 e. The van der Waals surface area contributed by atoms with Gasteiger partial charge in [-0.25, -0.2) is 4.79 Å². The first-order chi connectivity index (χ1) is 17.8. The Hall–Kier alpha value is -3.37. The Bertz CT molecular complexity index is 1210. The number of fused-ring (bicyclic) bond motifs is 5. The third-order valence-electron chi connectivity index (χ3n) is 7.88. The van der Waals surface area contributed by atoms with E-state index >= 15 is 0 Å². The van der Waals surface area contributed by atoms with Gasteiger partial charge in [0.15, 0.2) is 0 Å². The molecule has 2 unspecified atom stereocenters. The number of carbonyl (C=O) groups excluding carboxylic acids is 1. The lowest BCUT2D eigenvalue weighted by Gasteiger charge is -2.44. The van der Waals surface area contributed by atoms with Gasteiger partial charge in [0.05, 0.1) is 25.3 Å². The maximum atomic E-state index is 13.3. The second kappa shape index (κ2) is 10.3. The molecule has 1 fully saturated rings. The zero-order chi connectivity index (χ0) is 24.3. The number of ether oxygens (including phenoxy) is 2. The Morgan fingerprint density at radius 3 is 2.22 bits per heavy atom. The SMILES string of the molecule is O=C(OCC1c2ccccc2-c2ccccc21)N1C2C=C(CCCCc3ccccc3)CC1COC2. The molecule has 3 aromatic rings. The molecule has 0 N–H and O–H groups in total. The van der Waals surface area contributed by atoms with E-state index in [4.69, 9.17) is 9.47 Å². The van der Waals surface area contributed by atoms with Gasteiger partial charge in [-0.15, -0.1) is 0 Å². The molecular weight excluding hydrogens is 446 g/mol. The van der Waals surface area contributed by atoms with E-state index in [2.05, 4.69) is 84.9 Å². The van der Waals surface area contributed by atoms with Crippen LogP contribution in [-0.2, 0) is 15.9 Å². The highest BCUT2D eigenvalue weighted by molar-refractivity contribution is 5.79. The standard InChI is InChI=1S/C32H33NO3/c34-32(36-22-31-29-16-8-6-14-27(29)28-15-7-9-17-30(28)31)33-25-18-24(19-26(33)21-35-20-25)13-5-4-12-23-10-2-1-3-11-23/h1-3,6-11,14-18,25-26,31H,4-5,12-13,19-22H2. The quantitative estimate of drug-likeness (QED) is 0.278. The van der Waals surface area contributed by atoms with E-state index in [0.717, 1.165) is 19.3 Å². The van der Waals surface area contributed by atoms with E-state index in [1.165, 1.54) is 46.2 Å². The molecule has 184 valence electrons. The maximum absolute atomic E-state index is 13.3. The fourth-order valence-corrected chi connectivity index (χ4v) is 6.15. The molecule has 36 heavy (non-hydrogen) atoms. The van der Waals surface area contributed by atoms with Crippen molar-refractivity contribution in [1.82, 2.24) is 4.90 Å². The zero-order valence-corrected chi connectivity index (χ0v) is 20.6. The molecule has 4 nitrogen and oxygen atoms in total. The van der Waals surface area contributed by atoms with Crippen molar-refractivity contribution in [3.8, 4) is 11.1 Å². The lowest BCUT2D eigenvalue weighted by Crippen LogP contribution is -2.56. The van der Waals surface area contributed by atoms with Crippen molar-refractivity contribution in [1.29, 1.82) is 0 Å². The molecule has 0 radical (unpaired) electrons. The predicted molar refractivity (Wildman–Crippen MR) is 142 cm³/mol. The summed E-state index contributed by atoms with van der Waals surface area (Å²) in [5, 5.41) is 0. The number of hydrogen-bond acceptors (Lipinski definition) is 3. The second-order valence-electron chi connectivity index (χ2n) is 10.2. The molecule has 6 rings (SSSR count). The largest absolute Gasteiger partial charge is 0.448 e. The number of benzene rings is 3. The molecule has 0 aromatic heterocycles. The van der Waals surface area contributed by atoms with Crippen molar-refractivity contribution in [3.05, 3.63) is 107 Å². The van der Waals surface area contributed by atoms with Crippen molar-refractivity contribution in [2.24, 2.45) is 0 Å². The van der Waals surface area contributed by atoms with Gasteiger partial charge < -0.3 is 9.47 Å². The van der Waals surface area contributed by atoms with Crippen LogP contribution in [0.2, 0.25) is 0 Å². The minimum atomic E-state index is -0.213. The summed E-state index contributed by atoms with van der Waals surface area (Å²) in [4.78, 5) is 15.3. The van der Waals surface area contributed by atoms with Crippen LogP contribution in [0.25, 0.3) is 11.1 Å². The minimum absolute atomic E-state index is 0.0303. The van der Waals surface area contributed by atoms with Gasteiger partial charge >= 0.3 is 6.09 Å². The van der Waals surface area contributed by atoms with Crippen molar-refractivity contribution < 1.29 is 14.3 Å². The number of unbranched alkanes of at least 4 members (excludes halogenated alkanes) is 1. The topological polar surface area (TPSA) is 38.8 Å². The van der Waals surface area contributed by atoms with Crippen LogP contribution in [0.4, 0.5) is 4.79 Å². The number of amides is 1. The third kappa shape index (κ3) is 4.58. The van der Waals surface area contributed by atoms with Crippen molar-refractivity contribution in [2.75, 3.05) is 19.8 Å². The van der Waals surface area contributed by atoms with E-state index in [1.807, 2.05) is 4.90 Å². The van der Waals surface area contributed by atoms with Gasteiger partial charge in [-0.3, -0.25) is 4.90 Å². The second-order valence-corrected chi connectivity index (χ2v) is 10.2. The molecule has 2 aliphatic heterocycles. The summed E-state index contributed by atoms with van der Waals surface area (Å²) < 4.78 is 11.8. The van der Waals surface area contributed by atoms with E-state index in [0.29, 0.717) is 19.8 Å². The van der Waals surface area contributed by atoms with Gasteiger partial charge in [0.2, 0.25) is 0 Å². The summed E-state index contributed by atoms with van der Waals surface area (Å²) in [5.74, 6) is 0.0814. The summed E-state index contributed by atoms with van der Waals surface area (Å²) >= 11 is 0. The summed E-state index contributed by atoms with van der Waals surface area (Å²) in [5.41, 5.74) is 7.85. The molecular formula is C32H33NO3. The fourth-order valence-electron chi connectivity index (χ4n) is 6.15. The molecule has 0 spiro atoms. The van der Waals surface area contributed by atoms with Crippen LogP contribution in [0.15, 0.2) is 90.5 Å². The van der Waals surface area contributed by atoms with Gasteiger partial charge in [0, 0.05) is 5.92 Å². The first-order valence-electron chi connectivity index (χ1n) is 13.2. The van der Waals surface area contributed by atoms with Gasteiger partial charge in [-0.2, -0.15) is 0 Å². The summed E-state index contributed by atoms with van der Waals surface area (Å²) in [6.07, 6.45) is 7.50. The maximum Gasteiger partial charge on any atom is 0.410 e. The van der Waals surface area contributed by atoms with Crippen LogP contribution in [0.3, 0.4) is 0 Å². The average molecular weight is 480 g/mol. The Labute approximate surface area is 213 Å². The van der Waals surface area contributed by atoms with Crippen LogP contribution < -0.4 is 0 Å². The van der Waals surface area contributed by atoms with Gasteiger partial charge in [-0.1, -0.05) is 90.5 Å². The molecule has 1 saturated heterocycles. The van der Waals surface area contributed by atoms with Crippen molar-refractivity contribution in [3.63, 3.8) is 0 Å². The van der Waals surface area contributed by atoms with Crippen LogP contribution in [0.1, 0.15) is 48.3 Å². The number of rotatable bonds is 7. The van der Waals surface area contributed by atoms with E-state index in [9.17, 15) is 4.79 Å². The molecule has 1 amide bonds. The van der Waals surface area contributed by atoms with Crippen LogP contribution in [0, 0.1) is 0 Å². The fraction of sp³-hybridized carbons (Fsp3) is 0.344. The summed E-state index contributed by atoms with van der Waals surface area (Å²) in [7, 11) is 0. The van der Waals surface area contributed by atoms with E-state index in [-0.39, 0.29) is 24.1 Å². The van der Waals surface area contributed by atoms with Crippen LogP contribution in [-0.4, -0.2) is 42.9 Å². The average Bonchev–Trinajstić information content (AvgIpc) is 3.23. The monoisotopic (exact) mass is 479 g/mol. The minimum Gasteiger partial charge on any atom is -0.448 e. The first kappa shape index (κ1) is 23.1. The third-order valence-corrected chi connectivity index (χ3v) is 7.88. The van der Waals surface area contributed by atoms with Crippen molar-refractivity contribution >= 4 is 6.09 Å². The highest BCUT2D eigenvalue weighted by atomic mass is 16.6. The molecule has 3 aliphatic rings. The molecule has 4 heteroatoms. The molecule has 1 aliphatic carbocycles.